The summed E-state index contributed by atoms with van der Waals surface area (Å²) in [5.41, 5.74) is 0. The number of nitrogens with zero attached hydrogens (tertiary/aromatic N) is 1. The monoisotopic (exact) mass is 157 g/mol. The van der Waals surface area contributed by atoms with Crippen molar-refractivity contribution >= 4 is 16.3 Å². The fraction of sp³-hybridized carbons (Fsp3) is 0.500. The highest BCUT2D eigenvalue weighted by Crippen LogP contribution is 2.16. The van der Waals surface area contributed by atoms with Crippen molar-refractivity contribution in [2.24, 2.45) is 0 Å². The summed E-state index contributed by atoms with van der Waals surface area (Å²) in [5.74, 6) is 0. The van der Waals surface area contributed by atoms with Gasteiger partial charge in [0.15, 0.2) is 0 Å². The summed E-state index contributed by atoms with van der Waals surface area (Å²) in [6, 6.07) is 0. The molecule has 0 unspecified atom stereocenters. The normalized spacial score (nSPS) is 9.80. The van der Waals surface area contributed by atoms with Crippen molar-refractivity contribution in [1.29, 1.82) is 0 Å². The van der Waals surface area contributed by atoms with Crippen LogP contribution in [0.15, 0.2) is 6.20 Å². The maximum atomic E-state index is 4.17. The topological polar surface area (TPSA) is 37.0 Å². The molecule has 2 N–H and O–H groups in total. The first-order valence-electron chi connectivity index (χ1n) is 3.14. The molecular weight excluding hydrogens is 146 g/mol. The number of aromatic nitrogens is 1. The van der Waals surface area contributed by atoms with Crippen LogP contribution in [0, 0.1) is 0 Å². The summed E-state index contributed by atoms with van der Waals surface area (Å²) in [5, 5.41) is 8.31. The van der Waals surface area contributed by atoms with Crippen LogP contribution in [0.25, 0.3) is 0 Å². The SMILES string of the molecule is CNCc1ncc(NC)s1. The summed E-state index contributed by atoms with van der Waals surface area (Å²) >= 11 is 1.67. The van der Waals surface area contributed by atoms with Gasteiger partial charge in [0.05, 0.1) is 6.20 Å². The lowest BCUT2D eigenvalue weighted by Gasteiger charge is -1.90. The molecule has 0 aromatic carbocycles. The summed E-state index contributed by atoms with van der Waals surface area (Å²) < 4.78 is 0. The van der Waals surface area contributed by atoms with Crippen molar-refractivity contribution in [3.63, 3.8) is 0 Å². The molecule has 1 heterocycles. The Morgan fingerprint density at radius 1 is 1.60 bits per heavy atom. The van der Waals surface area contributed by atoms with Crippen LogP contribution in [0.5, 0.6) is 0 Å². The molecule has 0 fully saturated rings. The third-order valence-corrected chi connectivity index (χ3v) is 2.14. The van der Waals surface area contributed by atoms with Crippen molar-refractivity contribution in [1.82, 2.24) is 10.3 Å². The Labute approximate surface area is 64.5 Å². The molecule has 0 atom stereocenters. The van der Waals surface area contributed by atoms with Crippen molar-refractivity contribution in [3.8, 4) is 0 Å². The molecule has 1 rings (SSSR count). The number of nitrogens with one attached hydrogen (secondary N) is 2. The number of hydrogen-bond acceptors (Lipinski definition) is 4. The zero-order chi connectivity index (χ0) is 7.40. The van der Waals surface area contributed by atoms with Gasteiger partial charge in [0.1, 0.15) is 10.0 Å². The van der Waals surface area contributed by atoms with Crippen LogP contribution in [-0.4, -0.2) is 19.1 Å². The highest BCUT2D eigenvalue weighted by molar-refractivity contribution is 7.15. The second-order valence-corrected chi connectivity index (χ2v) is 3.01. The van der Waals surface area contributed by atoms with E-state index in [0.717, 1.165) is 16.6 Å². The highest BCUT2D eigenvalue weighted by atomic mass is 32.1. The van der Waals surface area contributed by atoms with Crippen molar-refractivity contribution in [3.05, 3.63) is 11.2 Å². The molecule has 0 aliphatic heterocycles. The van der Waals surface area contributed by atoms with Crippen LogP contribution in [0.1, 0.15) is 5.01 Å². The molecule has 10 heavy (non-hydrogen) atoms. The molecule has 0 aliphatic carbocycles. The van der Waals surface area contributed by atoms with Gasteiger partial charge in [0.25, 0.3) is 0 Å². The van der Waals surface area contributed by atoms with E-state index in [4.69, 9.17) is 0 Å². The van der Waals surface area contributed by atoms with Gasteiger partial charge in [-0.15, -0.1) is 11.3 Å². The van der Waals surface area contributed by atoms with Crippen LogP contribution in [-0.2, 0) is 6.54 Å². The zero-order valence-electron chi connectivity index (χ0n) is 6.14. The van der Waals surface area contributed by atoms with Gasteiger partial charge in [0, 0.05) is 13.6 Å². The number of rotatable bonds is 3. The van der Waals surface area contributed by atoms with Gasteiger partial charge >= 0.3 is 0 Å². The van der Waals surface area contributed by atoms with Gasteiger partial charge in [-0.05, 0) is 7.05 Å². The lowest BCUT2D eigenvalue weighted by molar-refractivity contribution is 0.810. The molecule has 4 heteroatoms. The highest BCUT2D eigenvalue weighted by Gasteiger charge is 1.96. The van der Waals surface area contributed by atoms with Crippen molar-refractivity contribution in [2.45, 2.75) is 6.54 Å². The molecule has 0 saturated heterocycles. The Bertz CT molecular complexity index is 197. The minimum absolute atomic E-state index is 0.854. The van der Waals surface area contributed by atoms with Gasteiger partial charge in [0.2, 0.25) is 0 Å². The fourth-order valence-electron chi connectivity index (χ4n) is 0.659. The summed E-state index contributed by atoms with van der Waals surface area (Å²) in [6.45, 7) is 0.854. The summed E-state index contributed by atoms with van der Waals surface area (Å²) in [7, 11) is 3.82. The average Bonchev–Trinajstić information content (AvgIpc) is 2.37. The van der Waals surface area contributed by atoms with E-state index in [-0.39, 0.29) is 0 Å². The van der Waals surface area contributed by atoms with Gasteiger partial charge in [-0.2, -0.15) is 0 Å². The molecule has 0 spiro atoms. The number of hydrogen-bond donors (Lipinski definition) is 2. The number of anilines is 1. The second kappa shape index (κ2) is 3.53. The number of thiazole rings is 1. The Kier molecular flexibility index (Phi) is 2.65. The molecule has 1 aromatic rings. The van der Waals surface area contributed by atoms with Crippen LogP contribution < -0.4 is 10.6 Å². The molecule has 3 nitrogen and oxygen atoms in total. The predicted octanol–water partition coefficient (Wildman–Crippen LogP) is 0.904. The second-order valence-electron chi connectivity index (χ2n) is 1.90. The standard InChI is InChI=1S/C6H11N3S/c1-7-3-6-9-4-5(8-2)10-6/h4,7-8H,3H2,1-2H3. The molecule has 0 aliphatic rings. The third kappa shape index (κ3) is 1.68. The Morgan fingerprint density at radius 3 is 2.90 bits per heavy atom. The molecule has 0 bridgehead atoms. The quantitative estimate of drug-likeness (QED) is 0.684. The van der Waals surface area contributed by atoms with E-state index in [9.17, 15) is 0 Å². The Hall–Kier alpha value is -0.610. The van der Waals surface area contributed by atoms with E-state index in [1.165, 1.54) is 0 Å². The van der Waals surface area contributed by atoms with Crippen molar-refractivity contribution in [2.75, 3.05) is 19.4 Å². The van der Waals surface area contributed by atoms with E-state index in [1.807, 2.05) is 20.3 Å². The smallest absolute Gasteiger partial charge is 0.108 e. The molecule has 0 saturated carbocycles. The summed E-state index contributed by atoms with van der Waals surface area (Å²) in [6.07, 6.45) is 1.84. The Balaban J connectivity index is 2.59. The largest absolute Gasteiger partial charge is 0.379 e. The van der Waals surface area contributed by atoms with Crippen LogP contribution in [0.4, 0.5) is 5.00 Å². The van der Waals surface area contributed by atoms with Gasteiger partial charge < -0.3 is 10.6 Å². The lowest BCUT2D eigenvalue weighted by atomic mass is 10.7. The van der Waals surface area contributed by atoms with Crippen molar-refractivity contribution < 1.29 is 0 Å². The molecular formula is C6H11N3S. The predicted molar refractivity (Wildman–Crippen MR) is 44.4 cm³/mol. The van der Waals surface area contributed by atoms with Crippen LogP contribution in [0.2, 0.25) is 0 Å². The maximum absolute atomic E-state index is 4.17. The molecule has 1 aromatic heterocycles. The minimum atomic E-state index is 0.854. The van der Waals surface area contributed by atoms with E-state index >= 15 is 0 Å². The van der Waals surface area contributed by atoms with Crippen LogP contribution >= 0.6 is 11.3 Å². The van der Waals surface area contributed by atoms with E-state index < -0.39 is 0 Å². The van der Waals surface area contributed by atoms with E-state index in [0.29, 0.717) is 0 Å². The minimum Gasteiger partial charge on any atom is -0.379 e. The maximum Gasteiger partial charge on any atom is 0.108 e. The first-order valence-corrected chi connectivity index (χ1v) is 3.95. The fourth-order valence-corrected chi connectivity index (χ4v) is 1.44. The Morgan fingerprint density at radius 2 is 2.40 bits per heavy atom. The first-order chi connectivity index (χ1) is 4.86. The third-order valence-electron chi connectivity index (χ3n) is 1.13. The molecule has 0 radical (unpaired) electrons. The summed E-state index contributed by atoms with van der Waals surface area (Å²) in [4.78, 5) is 4.17. The van der Waals surface area contributed by atoms with Gasteiger partial charge in [-0.25, -0.2) is 4.98 Å². The average molecular weight is 157 g/mol. The van der Waals surface area contributed by atoms with Crippen LogP contribution in [0.3, 0.4) is 0 Å². The zero-order valence-corrected chi connectivity index (χ0v) is 6.96. The van der Waals surface area contributed by atoms with E-state index in [2.05, 4.69) is 15.6 Å². The van der Waals surface area contributed by atoms with E-state index in [1.54, 1.807) is 11.3 Å². The van der Waals surface area contributed by atoms with Gasteiger partial charge in [-0.3, -0.25) is 0 Å². The first kappa shape index (κ1) is 7.50. The molecule has 56 valence electrons. The molecule has 0 amide bonds. The van der Waals surface area contributed by atoms with Gasteiger partial charge in [-0.1, -0.05) is 0 Å². The lowest BCUT2D eigenvalue weighted by Crippen LogP contribution is -2.03.